The molecule has 0 aromatic heterocycles. The van der Waals surface area contributed by atoms with E-state index in [9.17, 15) is 5.26 Å². The lowest BCUT2D eigenvalue weighted by Gasteiger charge is -2.45. The van der Waals surface area contributed by atoms with E-state index in [1.807, 2.05) is 24.3 Å². The Balaban J connectivity index is 2.35. The molecular weight excluding hydrogens is 210 g/mol. The predicted molar refractivity (Wildman–Crippen MR) is 70.0 cm³/mol. The van der Waals surface area contributed by atoms with Crippen LogP contribution in [0.25, 0.3) is 0 Å². The van der Waals surface area contributed by atoms with Gasteiger partial charge < -0.3 is 10.2 Å². The summed E-state index contributed by atoms with van der Waals surface area (Å²) in [6.07, 6.45) is 0. The van der Waals surface area contributed by atoms with Crippen LogP contribution in [0, 0.1) is 11.3 Å². The summed E-state index contributed by atoms with van der Waals surface area (Å²) in [5.41, 5.74) is 1.91. The summed E-state index contributed by atoms with van der Waals surface area (Å²) < 4.78 is 0. The Morgan fingerprint density at radius 1 is 1.41 bits per heavy atom. The molecule has 1 aromatic rings. The quantitative estimate of drug-likeness (QED) is 0.802. The standard InChI is InChI=1S/C14H19N3/c1-11-9-16-14(2,3)10-17(11)13-7-5-4-6-12(13)8-15/h4-7,11,16H,9-10H2,1-3H3. The minimum absolute atomic E-state index is 0.0923. The van der Waals surface area contributed by atoms with E-state index in [1.54, 1.807) is 0 Å². The molecule has 1 fully saturated rings. The topological polar surface area (TPSA) is 39.1 Å². The predicted octanol–water partition coefficient (Wildman–Crippen LogP) is 2.13. The van der Waals surface area contributed by atoms with Crippen LogP contribution in [0.1, 0.15) is 26.3 Å². The van der Waals surface area contributed by atoms with Gasteiger partial charge in [0.2, 0.25) is 0 Å². The summed E-state index contributed by atoms with van der Waals surface area (Å²) in [6, 6.07) is 10.5. The second-order valence-electron chi connectivity index (χ2n) is 5.37. The maximum Gasteiger partial charge on any atom is 0.101 e. The summed E-state index contributed by atoms with van der Waals surface area (Å²) >= 11 is 0. The lowest BCUT2D eigenvalue weighted by Crippen LogP contribution is -2.61. The van der Waals surface area contributed by atoms with Gasteiger partial charge in [-0.2, -0.15) is 5.26 Å². The number of piperazine rings is 1. The Morgan fingerprint density at radius 3 is 2.82 bits per heavy atom. The number of hydrogen-bond donors (Lipinski definition) is 1. The van der Waals surface area contributed by atoms with Gasteiger partial charge in [-0.05, 0) is 32.9 Å². The van der Waals surface area contributed by atoms with Gasteiger partial charge in [-0.3, -0.25) is 0 Å². The first-order valence-electron chi connectivity index (χ1n) is 6.04. The van der Waals surface area contributed by atoms with E-state index in [2.05, 4.69) is 37.1 Å². The number of anilines is 1. The molecule has 1 N–H and O–H groups in total. The maximum atomic E-state index is 9.17. The van der Waals surface area contributed by atoms with Gasteiger partial charge in [0, 0.05) is 24.7 Å². The molecule has 0 amide bonds. The molecule has 0 spiro atoms. The highest BCUT2D eigenvalue weighted by Gasteiger charge is 2.31. The van der Waals surface area contributed by atoms with Gasteiger partial charge in [-0.25, -0.2) is 0 Å². The zero-order chi connectivity index (χ0) is 12.5. The van der Waals surface area contributed by atoms with Crippen LogP contribution in [0.4, 0.5) is 5.69 Å². The zero-order valence-corrected chi connectivity index (χ0v) is 10.7. The molecule has 17 heavy (non-hydrogen) atoms. The Kier molecular flexibility index (Phi) is 3.08. The normalized spacial score (nSPS) is 23.2. The molecule has 3 heteroatoms. The molecule has 2 rings (SSSR count). The molecule has 1 heterocycles. The van der Waals surface area contributed by atoms with E-state index < -0.39 is 0 Å². The Bertz CT molecular complexity index is 445. The van der Waals surface area contributed by atoms with Gasteiger partial charge >= 0.3 is 0 Å². The SMILES string of the molecule is CC1CNC(C)(C)CN1c1ccccc1C#N. The molecule has 1 unspecified atom stereocenters. The zero-order valence-electron chi connectivity index (χ0n) is 10.7. The van der Waals surface area contributed by atoms with E-state index in [1.165, 1.54) is 0 Å². The molecule has 0 aliphatic carbocycles. The number of nitriles is 1. The largest absolute Gasteiger partial charge is 0.365 e. The summed E-state index contributed by atoms with van der Waals surface area (Å²) in [4.78, 5) is 2.33. The molecule has 1 aliphatic heterocycles. The number of hydrogen-bond acceptors (Lipinski definition) is 3. The third-order valence-electron chi connectivity index (χ3n) is 3.31. The fourth-order valence-corrected chi connectivity index (χ4v) is 2.31. The highest BCUT2D eigenvalue weighted by atomic mass is 15.2. The molecule has 1 aromatic carbocycles. The molecule has 90 valence electrons. The second kappa shape index (κ2) is 4.38. The maximum absolute atomic E-state index is 9.17. The van der Waals surface area contributed by atoms with Crippen molar-refractivity contribution in [1.82, 2.24) is 5.32 Å². The molecule has 1 saturated heterocycles. The molecule has 0 radical (unpaired) electrons. The third-order valence-corrected chi connectivity index (χ3v) is 3.31. The first-order chi connectivity index (χ1) is 8.03. The third kappa shape index (κ3) is 2.42. The van der Waals surface area contributed by atoms with Crippen LogP contribution in [0.2, 0.25) is 0 Å². The van der Waals surface area contributed by atoms with Crippen molar-refractivity contribution in [3.05, 3.63) is 29.8 Å². The summed E-state index contributed by atoms with van der Waals surface area (Å²) in [7, 11) is 0. The fraction of sp³-hybridized carbons (Fsp3) is 0.500. The number of benzene rings is 1. The van der Waals surface area contributed by atoms with Crippen molar-refractivity contribution < 1.29 is 0 Å². The minimum Gasteiger partial charge on any atom is -0.365 e. The van der Waals surface area contributed by atoms with Crippen molar-refractivity contribution in [2.24, 2.45) is 0 Å². The van der Waals surface area contributed by atoms with Crippen molar-refractivity contribution >= 4 is 5.69 Å². The number of nitrogens with zero attached hydrogens (tertiary/aromatic N) is 2. The van der Waals surface area contributed by atoms with Crippen molar-refractivity contribution in [2.75, 3.05) is 18.0 Å². The molecular formula is C14H19N3. The monoisotopic (exact) mass is 229 g/mol. The van der Waals surface area contributed by atoms with Crippen molar-refractivity contribution in [3.8, 4) is 6.07 Å². The number of para-hydroxylation sites is 1. The van der Waals surface area contributed by atoms with Crippen LogP contribution in [0.3, 0.4) is 0 Å². The average Bonchev–Trinajstić information content (AvgIpc) is 2.32. The van der Waals surface area contributed by atoms with Crippen molar-refractivity contribution in [3.63, 3.8) is 0 Å². The Morgan fingerprint density at radius 2 is 2.12 bits per heavy atom. The highest BCUT2D eigenvalue weighted by molar-refractivity contribution is 5.60. The second-order valence-corrected chi connectivity index (χ2v) is 5.37. The lowest BCUT2D eigenvalue weighted by atomic mass is 9.97. The van der Waals surface area contributed by atoms with Gasteiger partial charge in [0.25, 0.3) is 0 Å². The summed E-state index contributed by atoms with van der Waals surface area (Å²) in [5.74, 6) is 0. The molecule has 1 aliphatic rings. The van der Waals surface area contributed by atoms with Crippen molar-refractivity contribution in [2.45, 2.75) is 32.4 Å². The number of nitrogens with one attached hydrogen (secondary N) is 1. The van der Waals surface area contributed by atoms with E-state index in [0.29, 0.717) is 6.04 Å². The first-order valence-corrected chi connectivity index (χ1v) is 6.04. The van der Waals surface area contributed by atoms with Gasteiger partial charge in [0.15, 0.2) is 0 Å². The van der Waals surface area contributed by atoms with Crippen LogP contribution < -0.4 is 10.2 Å². The minimum atomic E-state index is 0.0923. The van der Waals surface area contributed by atoms with E-state index >= 15 is 0 Å². The highest BCUT2D eigenvalue weighted by Crippen LogP contribution is 2.26. The van der Waals surface area contributed by atoms with Gasteiger partial charge in [-0.15, -0.1) is 0 Å². The Labute approximate surface area is 103 Å². The number of rotatable bonds is 1. The van der Waals surface area contributed by atoms with Crippen LogP contribution in [0.15, 0.2) is 24.3 Å². The summed E-state index contributed by atoms with van der Waals surface area (Å²) in [6.45, 7) is 8.46. The smallest absolute Gasteiger partial charge is 0.101 e. The molecule has 1 atom stereocenters. The van der Waals surface area contributed by atoms with Crippen LogP contribution >= 0.6 is 0 Å². The van der Waals surface area contributed by atoms with Gasteiger partial charge in [0.1, 0.15) is 6.07 Å². The Hall–Kier alpha value is -1.53. The van der Waals surface area contributed by atoms with Crippen LogP contribution in [-0.4, -0.2) is 24.7 Å². The van der Waals surface area contributed by atoms with E-state index in [4.69, 9.17) is 0 Å². The molecule has 3 nitrogen and oxygen atoms in total. The van der Waals surface area contributed by atoms with Gasteiger partial charge in [0.05, 0.1) is 11.3 Å². The molecule has 0 saturated carbocycles. The van der Waals surface area contributed by atoms with Crippen LogP contribution in [0.5, 0.6) is 0 Å². The molecule has 0 bridgehead atoms. The van der Waals surface area contributed by atoms with E-state index in [-0.39, 0.29) is 5.54 Å². The van der Waals surface area contributed by atoms with E-state index in [0.717, 1.165) is 24.3 Å². The fourth-order valence-electron chi connectivity index (χ4n) is 2.31. The van der Waals surface area contributed by atoms with Crippen molar-refractivity contribution in [1.29, 1.82) is 5.26 Å². The average molecular weight is 229 g/mol. The first kappa shape index (κ1) is 11.9. The van der Waals surface area contributed by atoms with Crippen LogP contribution in [-0.2, 0) is 0 Å². The summed E-state index contributed by atoms with van der Waals surface area (Å²) in [5, 5.41) is 12.7. The lowest BCUT2D eigenvalue weighted by molar-refractivity contribution is 0.318. The van der Waals surface area contributed by atoms with Gasteiger partial charge in [-0.1, -0.05) is 12.1 Å².